The molecule has 33 heavy (non-hydrogen) atoms. The maximum atomic E-state index is 13.4. The van der Waals surface area contributed by atoms with Gasteiger partial charge in [0, 0.05) is 11.9 Å². The molecule has 0 radical (unpaired) electrons. The van der Waals surface area contributed by atoms with Crippen LogP contribution in [-0.2, 0) is 0 Å². The molecule has 0 spiro atoms. The second-order valence-electron chi connectivity index (χ2n) is 7.77. The highest BCUT2D eigenvalue weighted by molar-refractivity contribution is 6.04. The number of nitrogen functional groups attached to an aromatic ring is 1. The predicted octanol–water partition coefficient (Wildman–Crippen LogP) is 3.87. The van der Waals surface area contributed by atoms with Crippen LogP contribution in [0.5, 0.6) is 0 Å². The van der Waals surface area contributed by atoms with Crippen LogP contribution in [0.3, 0.4) is 0 Å². The molecule has 3 rings (SSSR count). The van der Waals surface area contributed by atoms with Gasteiger partial charge in [0.25, 0.3) is 5.91 Å². The van der Waals surface area contributed by atoms with E-state index < -0.39 is 11.8 Å². The van der Waals surface area contributed by atoms with Crippen molar-refractivity contribution in [3.05, 3.63) is 83.9 Å². The number of benzene rings is 2. The molecule has 0 saturated carbocycles. The van der Waals surface area contributed by atoms with E-state index in [9.17, 15) is 14.0 Å². The molecule has 0 aliphatic heterocycles. The minimum atomic E-state index is -0.467. The van der Waals surface area contributed by atoms with E-state index in [0.717, 1.165) is 5.56 Å². The second kappa shape index (κ2) is 11.1. The van der Waals surface area contributed by atoms with Crippen LogP contribution in [0.1, 0.15) is 28.5 Å². The molecular formula is C24H27FN6O2. The summed E-state index contributed by atoms with van der Waals surface area (Å²) in [5.41, 5.74) is 8.15. The zero-order valence-electron chi connectivity index (χ0n) is 18.5. The zero-order chi connectivity index (χ0) is 23.8. The molecule has 0 saturated heterocycles. The number of pyridine rings is 1. The minimum Gasteiger partial charge on any atom is -0.397 e. The number of hydrogen-bond donors (Lipinski definition) is 4. The Labute approximate surface area is 192 Å². The fourth-order valence-electron chi connectivity index (χ4n) is 3.14. The van der Waals surface area contributed by atoms with Gasteiger partial charge in [-0.2, -0.15) is 0 Å². The van der Waals surface area contributed by atoms with Gasteiger partial charge < -0.3 is 26.6 Å². The summed E-state index contributed by atoms with van der Waals surface area (Å²) in [7, 11) is 3.87. The molecular weight excluding hydrogens is 423 g/mol. The molecule has 0 bridgehead atoms. The number of anilines is 3. The van der Waals surface area contributed by atoms with Crippen LogP contribution in [0, 0.1) is 5.82 Å². The Morgan fingerprint density at radius 1 is 1.06 bits per heavy atom. The number of nitrogens with two attached hydrogens (primary N) is 1. The van der Waals surface area contributed by atoms with Crippen LogP contribution in [-0.4, -0.2) is 42.5 Å². The van der Waals surface area contributed by atoms with Crippen LogP contribution < -0.4 is 21.7 Å². The molecule has 0 aliphatic rings. The largest absolute Gasteiger partial charge is 0.397 e. The number of nitrogens with zero attached hydrogens (tertiary/aromatic N) is 2. The monoisotopic (exact) mass is 450 g/mol. The fourth-order valence-corrected chi connectivity index (χ4v) is 3.14. The van der Waals surface area contributed by atoms with Crippen molar-refractivity contribution < 1.29 is 14.0 Å². The third kappa shape index (κ3) is 7.01. The van der Waals surface area contributed by atoms with Gasteiger partial charge in [0.05, 0.1) is 17.4 Å². The minimum absolute atomic E-state index is 0.220. The molecule has 0 aliphatic carbocycles. The Kier molecular flexibility index (Phi) is 7.93. The molecule has 1 heterocycles. The van der Waals surface area contributed by atoms with Crippen molar-refractivity contribution in [1.82, 2.24) is 15.2 Å². The van der Waals surface area contributed by atoms with Crippen molar-refractivity contribution in [2.45, 2.75) is 12.5 Å². The fraction of sp³-hybridized carbons (Fsp3) is 0.208. The van der Waals surface area contributed by atoms with Gasteiger partial charge in [-0.1, -0.05) is 24.3 Å². The number of aromatic nitrogens is 1. The van der Waals surface area contributed by atoms with E-state index in [4.69, 9.17) is 5.73 Å². The summed E-state index contributed by atoms with van der Waals surface area (Å²) in [6.45, 7) is 0.709. The van der Waals surface area contributed by atoms with Crippen LogP contribution in [0.2, 0.25) is 0 Å². The topological polar surface area (TPSA) is 112 Å². The molecule has 3 amide bonds. The molecule has 1 aromatic heterocycles. The quantitative estimate of drug-likeness (QED) is 0.389. The summed E-state index contributed by atoms with van der Waals surface area (Å²) >= 11 is 0. The number of para-hydroxylation sites is 2. The van der Waals surface area contributed by atoms with Gasteiger partial charge in [-0.05, 0) is 69.0 Å². The lowest BCUT2D eigenvalue weighted by molar-refractivity contribution is 0.102. The highest BCUT2D eigenvalue weighted by atomic mass is 19.1. The summed E-state index contributed by atoms with van der Waals surface area (Å²) in [5, 5.41) is 8.27. The number of hydrogen-bond acceptors (Lipinski definition) is 5. The normalized spacial score (nSPS) is 11.6. The van der Waals surface area contributed by atoms with Crippen LogP contribution in [0.4, 0.5) is 26.2 Å². The number of urea groups is 1. The van der Waals surface area contributed by atoms with E-state index in [1.54, 1.807) is 48.7 Å². The van der Waals surface area contributed by atoms with E-state index in [1.165, 1.54) is 18.2 Å². The summed E-state index contributed by atoms with van der Waals surface area (Å²) in [5.74, 6) is -0.826. The first-order chi connectivity index (χ1) is 15.8. The number of halogens is 1. The molecule has 1 unspecified atom stereocenters. The van der Waals surface area contributed by atoms with Crippen molar-refractivity contribution in [2.75, 3.05) is 37.0 Å². The van der Waals surface area contributed by atoms with E-state index >= 15 is 0 Å². The standard InChI is InChI=1S/C24H27FN6O2/c1-31(2)13-12-20(30-24(33)28-18-7-5-6-17(25)14-18)16-10-11-22(27-15-16)23(32)29-21-9-4-3-8-19(21)26/h3-11,14-15,20H,12-13,26H2,1-2H3,(H,29,32)(H2,28,30,33). The van der Waals surface area contributed by atoms with Crippen molar-refractivity contribution in [3.63, 3.8) is 0 Å². The molecule has 5 N–H and O–H groups in total. The molecule has 3 aromatic rings. The van der Waals surface area contributed by atoms with Gasteiger partial charge in [-0.25, -0.2) is 9.18 Å². The Hall–Kier alpha value is -3.98. The molecule has 2 aromatic carbocycles. The predicted molar refractivity (Wildman–Crippen MR) is 128 cm³/mol. The highest BCUT2D eigenvalue weighted by Gasteiger charge is 2.17. The first-order valence-electron chi connectivity index (χ1n) is 10.4. The van der Waals surface area contributed by atoms with Gasteiger partial charge in [-0.3, -0.25) is 9.78 Å². The van der Waals surface area contributed by atoms with E-state index in [1.807, 2.05) is 19.0 Å². The molecule has 1 atom stereocenters. The van der Waals surface area contributed by atoms with Crippen molar-refractivity contribution >= 4 is 29.0 Å². The van der Waals surface area contributed by atoms with Crippen molar-refractivity contribution in [3.8, 4) is 0 Å². The van der Waals surface area contributed by atoms with E-state index in [-0.39, 0.29) is 17.6 Å². The Morgan fingerprint density at radius 2 is 1.85 bits per heavy atom. The number of rotatable bonds is 8. The van der Waals surface area contributed by atoms with Gasteiger partial charge in [-0.15, -0.1) is 0 Å². The average molecular weight is 451 g/mol. The lowest BCUT2D eigenvalue weighted by atomic mass is 10.1. The summed E-state index contributed by atoms with van der Waals surface area (Å²) < 4.78 is 13.4. The first kappa shape index (κ1) is 23.7. The van der Waals surface area contributed by atoms with Crippen LogP contribution in [0.25, 0.3) is 0 Å². The molecule has 9 heteroatoms. The smallest absolute Gasteiger partial charge is 0.319 e. The molecule has 0 fully saturated rings. The number of amides is 3. The van der Waals surface area contributed by atoms with Crippen molar-refractivity contribution in [2.24, 2.45) is 0 Å². The number of carbonyl (C=O) groups excluding carboxylic acids is 2. The van der Waals surface area contributed by atoms with Crippen LogP contribution >= 0.6 is 0 Å². The van der Waals surface area contributed by atoms with E-state index in [2.05, 4.69) is 20.9 Å². The number of nitrogens with one attached hydrogen (secondary N) is 3. The zero-order valence-corrected chi connectivity index (χ0v) is 18.5. The highest BCUT2D eigenvalue weighted by Crippen LogP contribution is 2.20. The summed E-state index contributed by atoms with van der Waals surface area (Å²) in [6, 6.07) is 15.1. The maximum absolute atomic E-state index is 13.4. The third-order valence-corrected chi connectivity index (χ3v) is 4.88. The van der Waals surface area contributed by atoms with Gasteiger partial charge in [0.15, 0.2) is 0 Å². The molecule has 8 nitrogen and oxygen atoms in total. The Balaban J connectivity index is 1.70. The summed E-state index contributed by atoms with van der Waals surface area (Å²) in [4.78, 5) is 31.3. The Bertz CT molecular complexity index is 1100. The lowest BCUT2D eigenvalue weighted by Gasteiger charge is -2.21. The van der Waals surface area contributed by atoms with Crippen molar-refractivity contribution in [1.29, 1.82) is 0 Å². The lowest BCUT2D eigenvalue weighted by Crippen LogP contribution is -2.34. The average Bonchev–Trinajstić information content (AvgIpc) is 2.78. The maximum Gasteiger partial charge on any atom is 0.319 e. The summed E-state index contributed by atoms with van der Waals surface area (Å²) in [6.07, 6.45) is 2.17. The second-order valence-corrected chi connectivity index (χ2v) is 7.77. The van der Waals surface area contributed by atoms with E-state index in [0.29, 0.717) is 30.0 Å². The third-order valence-electron chi connectivity index (χ3n) is 4.88. The van der Waals surface area contributed by atoms with Crippen LogP contribution in [0.15, 0.2) is 66.9 Å². The molecule has 172 valence electrons. The van der Waals surface area contributed by atoms with Gasteiger partial charge >= 0.3 is 6.03 Å². The van der Waals surface area contributed by atoms with Gasteiger partial charge in [0.1, 0.15) is 11.5 Å². The first-order valence-corrected chi connectivity index (χ1v) is 10.4. The number of carbonyl (C=O) groups is 2. The van der Waals surface area contributed by atoms with Gasteiger partial charge in [0.2, 0.25) is 0 Å². The Morgan fingerprint density at radius 3 is 2.52 bits per heavy atom. The SMILES string of the molecule is CN(C)CCC(NC(=O)Nc1cccc(F)c1)c1ccc(C(=O)Nc2ccccc2N)nc1.